The van der Waals surface area contributed by atoms with Gasteiger partial charge in [-0.05, 0) is 58.4 Å². The Morgan fingerprint density at radius 1 is 0.717 bits per heavy atom. The number of benzene rings is 1. The smallest absolute Gasteiger partial charge is 0.408 e. The molecule has 1 aromatic rings. The number of carbonyl (C=O) groups excluding carboxylic acids is 6. The summed E-state index contributed by atoms with van der Waals surface area (Å²) in [7, 11) is 0. The number of hydrogen-bond donors (Lipinski definition) is 5. The van der Waals surface area contributed by atoms with E-state index in [0.717, 1.165) is 37.7 Å². The number of unbranched alkanes of at least 4 members (excludes halogenated alkanes) is 6. The van der Waals surface area contributed by atoms with Crippen LogP contribution < -0.4 is 26.6 Å². The minimum Gasteiger partial charge on any atom is -0.465 e. The SMILES string of the molecule is CCCCCCCCC[C@H](CC(=O)NCC(=O)OCC)NC(=O)[C@@H](NC(=O)[C@H](CCCNC(=O)OCc1ccccc1)NC(=O)OC(C)(C)C)C(C)C. The Morgan fingerprint density at radius 3 is 2.00 bits per heavy atom. The van der Waals surface area contributed by atoms with E-state index in [2.05, 4.69) is 33.5 Å². The zero-order valence-corrected chi connectivity index (χ0v) is 33.0. The van der Waals surface area contributed by atoms with Gasteiger partial charge < -0.3 is 40.8 Å². The van der Waals surface area contributed by atoms with Crippen LogP contribution in [0.1, 0.15) is 125 Å². The molecule has 0 saturated heterocycles. The number of ether oxygens (including phenoxy) is 3. The van der Waals surface area contributed by atoms with Gasteiger partial charge >= 0.3 is 18.2 Å². The van der Waals surface area contributed by atoms with Crippen molar-refractivity contribution in [3.05, 3.63) is 35.9 Å². The first-order valence-corrected chi connectivity index (χ1v) is 19.1. The molecule has 14 nitrogen and oxygen atoms in total. The van der Waals surface area contributed by atoms with Gasteiger partial charge in [0.05, 0.1) is 6.61 Å². The van der Waals surface area contributed by atoms with Crippen molar-refractivity contribution in [1.82, 2.24) is 26.6 Å². The van der Waals surface area contributed by atoms with Crippen LogP contribution in [-0.4, -0.2) is 79.3 Å². The van der Waals surface area contributed by atoms with Crippen molar-refractivity contribution in [3.8, 4) is 0 Å². The first-order chi connectivity index (χ1) is 25.1. The maximum atomic E-state index is 13.7. The monoisotopic (exact) mass is 747 g/mol. The van der Waals surface area contributed by atoms with E-state index in [-0.39, 0.29) is 45.1 Å². The van der Waals surface area contributed by atoms with Crippen LogP contribution in [0, 0.1) is 5.92 Å². The van der Waals surface area contributed by atoms with Crippen molar-refractivity contribution in [2.24, 2.45) is 5.92 Å². The third-order valence-corrected chi connectivity index (χ3v) is 8.08. The van der Waals surface area contributed by atoms with Crippen molar-refractivity contribution in [3.63, 3.8) is 0 Å². The van der Waals surface area contributed by atoms with Crippen LogP contribution in [0.2, 0.25) is 0 Å². The fourth-order valence-electron chi connectivity index (χ4n) is 5.32. The lowest BCUT2D eigenvalue weighted by Crippen LogP contribution is -2.57. The van der Waals surface area contributed by atoms with Crippen molar-refractivity contribution in [1.29, 1.82) is 0 Å². The van der Waals surface area contributed by atoms with Crippen LogP contribution in [-0.2, 0) is 40.0 Å². The minimum atomic E-state index is -1.09. The molecule has 0 radical (unpaired) electrons. The van der Waals surface area contributed by atoms with Gasteiger partial charge in [-0.15, -0.1) is 0 Å². The van der Waals surface area contributed by atoms with Gasteiger partial charge in [-0.3, -0.25) is 19.2 Å². The Labute approximate surface area is 316 Å². The lowest BCUT2D eigenvalue weighted by atomic mass is 9.99. The molecule has 53 heavy (non-hydrogen) atoms. The minimum absolute atomic E-state index is 0.0522. The van der Waals surface area contributed by atoms with E-state index in [4.69, 9.17) is 14.2 Å². The first-order valence-electron chi connectivity index (χ1n) is 19.1. The molecule has 0 aromatic heterocycles. The molecule has 0 saturated carbocycles. The highest BCUT2D eigenvalue weighted by Crippen LogP contribution is 2.14. The van der Waals surface area contributed by atoms with E-state index in [1.165, 1.54) is 12.8 Å². The van der Waals surface area contributed by atoms with Crippen LogP contribution in [0.3, 0.4) is 0 Å². The second-order valence-corrected chi connectivity index (χ2v) is 14.5. The molecule has 1 rings (SSSR count). The molecule has 0 spiro atoms. The molecule has 0 unspecified atom stereocenters. The summed E-state index contributed by atoms with van der Waals surface area (Å²) in [6, 6.07) is 6.62. The van der Waals surface area contributed by atoms with Crippen LogP contribution in [0.5, 0.6) is 0 Å². The van der Waals surface area contributed by atoms with Gasteiger partial charge in [0.2, 0.25) is 17.7 Å². The van der Waals surface area contributed by atoms with Gasteiger partial charge in [0.15, 0.2) is 0 Å². The summed E-state index contributed by atoms with van der Waals surface area (Å²) in [6.45, 7) is 12.7. The van der Waals surface area contributed by atoms with Crippen LogP contribution >= 0.6 is 0 Å². The fourth-order valence-corrected chi connectivity index (χ4v) is 5.32. The van der Waals surface area contributed by atoms with Gasteiger partial charge in [-0.1, -0.05) is 96.0 Å². The molecular weight excluding hydrogens is 682 g/mol. The molecule has 5 N–H and O–H groups in total. The van der Waals surface area contributed by atoms with E-state index in [0.29, 0.717) is 12.8 Å². The topological polar surface area (TPSA) is 190 Å². The Kier molecular flexibility index (Phi) is 23.3. The lowest BCUT2D eigenvalue weighted by molar-refractivity contribution is -0.143. The number of nitrogens with one attached hydrogen (secondary N) is 5. The molecule has 0 fully saturated rings. The molecule has 1 aromatic carbocycles. The normalized spacial score (nSPS) is 12.8. The molecule has 14 heteroatoms. The van der Waals surface area contributed by atoms with Gasteiger partial charge in [-0.25, -0.2) is 9.59 Å². The summed E-state index contributed by atoms with van der Waals surface area (Å²) >= 11 is 0. The molecule has 5 amide bonds. The van der Waals surface area contributed by atoms with E-state index in [1.54, 1.807) is 41.5 Å². The Balaban J connectivity index is 2.94. The van der Waals surface area contributed by atoms with Crippen molar-refractivity contribution < 1.29 is 43.0 Å². The number of amides is 5. The maximum absolute atomic E-state index is 13.7. The van der Waals surface area contributed by atoms with Gasteiger partial charge in [0.25, 0.3) is 0 Å². The molecule has 0 heterocycles. The summed E-state index contributed by atoms with van der Waals surface area (Å²) in [4.78, 5) is 76.8. The van der Waals surface area contributed by atoms with E-state index in [9.17, 15) is 28.8 Å². The molecule has 0 aliphatic heterocycles. The zero-order valence-electron chi connectivity index (χ0n) is 33.0. The van der Waals surface area contributed by atoms with Gasteiger partial charge in [0, 0.05) is 19.0 Å². The number of esters is 1. The van der Waals surface area contributed by atoms with Crippen LogP contribution in [0.15, 0.2) is 30.3 Å². The zero-order chi connectivity index (χ0) is 39.6. The second-order valence-electron chi connectivity index (χ2n) is 14.5. The molecule has 300 valence electrons. The number of rotatable bonds is 25. The predicted molar refractivity (Wildman–Crippen MR) is 203 cm³/mol. The van der Waals surface area contributed by atoms with Crippen molar-refractivity contribution in [2.75, 3.05) is 19.7 Å². The predicted octanol–water partition coefficient (Wildman–Crippen LogP) is 5.42. The maximum Gasteiger partial charge on any atom is 0.408 e. The highest BCUT2D eigenvalue weighted by Gasteiger charge is 2.31. The molecule has 0 bridgehead atoms. The molecule has 0 aliphatic rings. The summed E-state index contributed by atoms with van der Waals surface area (Å²) < 4.78 is 15.5. The quantitative estimate of drug-likeness (QED) is 0.0494. The summed E-state index contributed by atoms with van der Waals surface area (Å²) in [5, 5.41) is 13.5. The fraction of sp³-hybridized carbons (Fsp3) is 0.692. The van der Waals surface area contributed by atoms with Gasteiger partial charge in [0.1, 0.15) is 30.8 Å². The second kappa shape index (κ2) is 26.4. The number of alkyl carbamates (subject to hydrolysis) is 2. The van der Waals surface area contributed by atoms with Crippen LogP contribution in [0.25, 0.3) is 0 Å². The molecule has 0 aliphatic carbocycles. The first kappa shape index (κ1) is 46.7. The summed E-state index contributed by atoms with van der Waals surface area (Å²) in [5.74, 6) is -2.38. The third-order valence-electron chi connectivity index (χ3n) is 8.08. The molecule has 3 atom stereocenters. The average Bonchev–Trinajstić information content (AvgIpc) is 3.09. The van der Waals surface area contributed by atoms with Crippen molar-refractivity contribution >= 4 is 35.9 Å². The standard InChI is InChI=1S/C39H65N5O9/c1-8-10-11-12-13-14-18-22-30(25-32(45)41-26-33(46)51-9-2)42-36(48)34(28(3)4)44-35(47)31(43-38(50)53-39(5,6)7)23-19-24-40-37(49)52-27-29-20-16-15-17-21-29/h15-17,20-21,28,30-31,34H,8-14,18-19,22-27H2,1-7H3,(H,40,49)(H,41,45)(H,42,48)(H,43,50)(H,44,47)/t30-,31+,34+/m1/s1. The van der Waals surface area contributed by atoms with E-state index < -0.39 is 59.6 Å². The van der Waals surface area contributed by atoms with E-state index >= 15 is 0 Å². The average molecular weight is 748 g/mol. The third kappa shape index (κ3) is 23.0. The van der Waals surface area contributed by atoms with Crippen molar-refractivity contribution in [2.45, 2.75) is 149 Å². The number of hydrogen-bond acceptors (Lipinski definition) is 9. The lowest BCUT2D eigenvalue weighted by Gasteiger charge is -2.28. The largest absolute Gasteiger partial charge is 0.465 e. The van der Waals surface area contributed by atoms with Crippen LogP contribution in [0.4, 0.5) is 9.59 Å². The molecular formula is C39H65N5O9. The Hall–Kier alpha value is -4.36. The Bertz CT molecular complexity index is 1250. The number of carbonyl (C=O) groups is 6. The highest BCUT2D eigenvalue weighted by molar-refractivity contribution is 5.92. The summed E-state index contributed by atoms with van der Waals surface area (Å²) in [6.07, 6.45) is 6.92. The van der Waals surface area contributed by atoms with E-state index in [1.807, 2.05) is 30.3 Å². The Morgan fingerprint density at radius 2 is 1.38 bits per heavy atom. The summed E-state index contributed by atoms with van der Waals surface area (Å²) in [5.41, 5.74) is 0.0222. The van der Waals surface area contributed by atoms with Gasteiger partial charge in [-0.2, -0.15) is 0 Å². The highest BCUT2D eigenvalue weighted by atomic mass is 16.6.